The van der Waals surface area contributed by atoms with E-state index in [1.165, 1.54) is 24.8 Å². The van der Waals surface area contributed by atoms with Crippen molar-refractivity contribution >= 4 is 5.97 Å². The highest BCUT2D eigenvalue weighted by atomic mass is 16.6. The molecule has 3 aliphatic rings. The van der Waals surface area contributed by atoms with Crippen LogP contribution in [0.2, 0.25) is 0 Å². The maximum atomic E-state index is 13.7. The van der Waals surface area contributed by atoms with Crippen LogP contribution >= 0.6 is 0 Å². The second-order valence-electron chi connectivity index (χ2n) is 11.9. The van der Waals surface area contributed by atoms with E-state index in [1.807, 2.05) is 48.5 Å². The average Bonchev–Trinajstić information content (AvgIpc) is 3.57. The van der Waals surface area contributed by atoms with Gasteiger partial charge in [0.25, 0.3) is 0 Å². The molecule has 0 heterocycles. The first-order valence-electron chi connectivity index (χ1n) is 13.9. The maximum absolute atomic E-state index is 13.7. The molecular formula is C33H38NO3+. The molecule has 2 fully saturated rings. The Labute approximate surface area is 220 Å². The third-order valence-electron chi connectivity index (χ3n) is 9.38. The topological polar surface area (TPSA) is 46.5 Å². The van der Waals surface area contributed by atoms with Gasteiger partial charge in [-0.1, -0.05) is 78.9 Å². The molecule has 0 aromatic heterocycles. The molecule has 4 nitrogen and oxygen atoms in total. The van der Waals surface area contributed by atoms with Crippen LogP contribution in [0.4, 0.5) is 0 Å². The van der Waals surface area contributed by atoms with Gasteiger partial charge in [-0.15, -0.1) is 0 Å². The summed E-state index contributed by atoms with van der Waals surface area (Å²) in [5, 5.41) is 11.9. The van der Waals surface area contributed by atoms with Crippen molar-refractivity contribution < 1.29 is 19.1 Å². The summed E-state index contributed by atoms with van der Waals surface area (Å²) in [4.78, 5) is 13.7. The fraction of sp³-hybridized carbons (Fsp3) is 0.424. The van der Waals surface area contributed by atoms with Crippen molar-refractivity contribution in [3.8, 4) is 11.1 Å². The highest BCUT2D eigenvalue weighted by molar-refractivity contribution is 5.96. The van der Waals surface area contributed by atoms with Crippen LogP contribution in [0.3, 0.4) is 0 Å². The highest BCUT2D eigenvalue weighted by Crippen LogP contribution is 2.52. The molecule has 0 amide bonds. The molecule has 2 bridgehead atoms. The Kier molecular flexibility index (Phi) is 6.21. The van der Waals surface area contributed by atoms with E-state index >= 15 is 0 Å². The van der Waals surface area contributed by atoms with Gasteiger partial charge in [-0.05, 0) is 55.2 Å². The van der Waals surface area contributed by atoms with Gasteiger partial charge in [0, 0.05) is 23.0 Å². The van der Waals surface area contributed by atoms with Gasteiger partial charge in [-0.2, -0.15) is 0 Å². The van der Waals surface area contributed by atoms with Crippen molar-refractivity contribution in [1.82, 2.24) is 0 Å². The van der Waals surface area contributed by atoms with Gasteiger partial charge in [0.05, 0.1) is 26.7 Å². The van der Waals surface area contributed by atoms with Crippen LogP contribution in [0.5, 0.6) is 0 Å². The zero-order valence-corrected chi connectivity index (χ0v) is 22.0. The number of hydrogen-bond donors (Lipinski definition) is 1. The fourth-order valence-electron chi connectivity index (χ4n) is 7.76. The van der Waals surface area contributed by atoms with Crippen LogP contribution in [0, 0.1) is 11.8 Å². The smallest absolute Gasteiger partial charge is 0.348 e. The van der Waals surface area contributed by atoms with E-state index in [4.69, 9.17) is 4.74 Å². The lowest BCUT2D eigenvalue weighted by Crippen LogP contribution is -2.52. The van der Waals surface area contributed by atoms with Gasteiger partial charge >= 0.3 is 5.97 Å². The van der Waals surface area contributed by atoms with Crippen molar-refractivity contribution in [2.75, 3.05) is 20.6 Å². The number of hydrogen-bond acceptors (Lipinski definition) is 3. The Bertz CT molecular complexity index is 1240. The predicted molar refractivity (Wildman–Crippen MR) is 146 cm³/mol. The molecule has 0 spiro atoms. The van der Waals surface area contributed by atoms with Gasteiger partial charge in [0.1, 0.15) is 6.10 Å². The van der Waals surface area contributed by atoms with Gasteiger partial charge in [0.2, 0.25) is 5.60 Å². The Hall–Kier alpha value is -2.95. The van der Waals surface area contributed by atoms with E-state index in [1.54, 1.807) is 0 Å². The second-order valence-corrected chi connectivity index (χ2v) is 11.9. The van der Waals surface area contributed by atoms with E-state index in [0.29, 0.717) is 29.0 Å². The number of benzene rings is 3. The summed E-state index contributed by atoms with van der Waals surface area (Å²) in [6, 6.07) is 26.6. The molecule has 4 heteroatoms. The summed E-state index contributed by atoms with van der Waals surface area (Å²) in [7, 11) is 4.72. The third-order valence-corrected chi connectivity index (χ3v) is 9.38. The molecule has 0 radical (unpaired) electrons. The van der Waals surface area contributed by atoms with Crippen molar-refractivity contribution in [3.63, 3.8) is 0 Å². The molecular weight excluding hydrogens is 458 g/mol. The predicted octanol–water partition coefficient (Wildman–Crippen LogP) is 5.71. The number of carbonyl (C=O) groups is 1. The number of aryl methyl sites for hydroxylation is 1. The number of quaternary nitrogens is 1. The van der Waals surface area contributed by atoms with Gasteiger partial charge in [-0.25, -0.2) is 4.79 Å². The molecule has 2 saturated carbocycles. The maximum Gasteiger partial charge on any atom is 0.348 e. The second kappa shape index (κ2) is 9.41. The van der Waals surface area contributed by atoms with E-state index in [2.05, 4.69) is 44.4 Å². The Balaban J connectivity index is 1.14. The summed E-state index contributed by atoms with van der Waals surface area (Å²) in [6.07, 6.45) is 6.61. The monoisotopic (exact) mass is 496 g/mol. The Morgan fingerprint density at radius 3 is 2.19 bits per heavy atom. The number of unbranched alkanes of at least 4 members (excludes halogenated alkanes) is 1. The number of esters is 1. The molecule has 2 unspecified atom stereocenters. The normalized spacial score (nSPS) is 25.1. The lowest BCUT2D eigenvalue weighted by Gasteiger charge is -2.39. The van der Waals surface area contributed by atoms with Gasteiger partial charge in [-0.3, -0.25) is 0 Å². The molecule has 0 aliphatic heterocycles. The highest BCUT2D eigenvalue weighted by Gasteiger charge is 2.58. The molecule has 6 rings (SSSR count). The third kappa shape index (κ3) is 4.11. The van der Waals surface area contributed by atoms with Crippen LogP contribution in [0.1, 0.15) is 48.8 Å². The van der Waals surface area contributed by atoms with Crippen molar-refractivity contribution in [2.45, 2.75) is 56.3 Å². The van der Waals surface area contributed by atoms with Crippen LogP contribution in [0.25, 0.3) is 11.1 Å². The van der Waals surface area contributed by atoms with E-state index in [-0.39, 0.29) is 6.10 Å². The molecule has 37 heavy (non-hydrogen) atoms. The summed E-state index contributed by atoms with van der Waals surface area (Å²) in [6.45, 7) is 1.13. The largest absolute Gasteiger partial charge is 0.459 e. The first-order valence-corrected chi connectivity index (χ1v) is 13.9. The molecule has 1 N–H and O–H groups in total. The minimum absolute atomic E-state index is 0.123. The van der Waals surface area contributed by atoms with E-state index in [9.17, 15) is 9.90 Å². The summed E-state index contributed by atoms with van der Waals surface area (Å²) < 4.78 is 7.24. The number of carbonyl (C=O) groups excluding carboxylic acids is 1. The SMILES string of the molecule is C[N+](C)(CCCCc1ccccc1)C1C2CC[C@@H]1[C@@H](OC(=O)C1(O)c3ccccc3-c3ccccc31)C2. The Morgan fingerprint density at radius 2 is 1.51 bits per heavy atom. The molecule has 192 valence electrons. The minimum atomic E-state index is -1.74. The number of aliphatic hydroxyl groups is 1. The first kappa shape index (κ1) is 24.4. The van der Waals surface area contributed by atoms with Crippen molar-refractivity contribution in [1.29, 1.82) is 0 Å². The standard InChI is InChI=1S/C33H38NO3/c1-34(2,21-11-10-14-23-12-4-3-5-13-23)31-24-19-20-27(31)30(22-24)37-32(35)33(36)28-17-8-6-15-25(28)26-16-7-9-18-29(26)33/h3-9,12-13,15-18,24,27,30-31,36H,10-11,14,19-22H2,1-2H3/q+1/t24?,27-,30+,31?/m1/s1. The van der Waals surface area contributed by atoms with Crippen LogP contribution in [0.15, 0.2) is 78.9 Å². The first-order chi connectivity index (χ1) is 17.9. The minimum Gasteiger partial charge on any atom is -0.459 e. The average molecular weight is 497 g/mol. The van der Waals surface area contributed by atoms with E-state index in [0.717, 1.165) is 41.4 Å². The molecule has 0 saturated heterocycles. The molecule has 3 aromatic rings. The number of nitrogens with zero attached hydrogens (tertiary/aromatic N) is 1. The quantitative estimate of drug-likeness (QED) is 0.247. The van der Waals surface area contributed by atoms with Crippen LogP contribution < -0.4 is 0 Å². The molecule has 4 atom stereocenters. The fourth-order valence-corrected chi connectivity index (χ4v) is 7.76. The van der Waals surface area contributed by atoms with Gasteiger partial charge in [0.15, 0.2) is 0 Å². The lowest BCUT2D eigenvalue weighted by molar-refractivity contribution is -0.919. The van der Waals surface area contributed by atoms with Gasteiger partial charge < -0.3 is 14.3 Å². The number of rotatable bonds is 8. The summed E-state index contributed by atoms with van der Waals surface area (Å²) in [5.41, 5.74) is 2.76. The summed E-state index contributed by atoms with van der Waals surface area (Å²) >= 11 is 0. The number of fused-ring (bicyclic) bond motifs is 5. The lowest BCUT2D eigenvalue weighted by atomic mass is 9.91. The zero-order chi connectivity index (χ0) is 25.6. The Morgan fingerprint density at radius 1 is 0.892 bits per heavy atom. The molecule has 3 aliphatic carbocycles. The van der Waals surface area contributed by atoms with Crippen LogP contribution in [-0.4, -0.2) is 48.3 Å². The molecule has 3 aromatic carbocycles. The van der Waals surface area contributed by atoms with Crippen molar-refractivity contribution in [3.05, 3.63) is 95.6 Å². The number of ether oxygens (including phenoxy) is 1. The van der Waals surface area contributed by atoms with Crippen molar-refractivity contribution in [2.24, 2.45) is 11.8 Å². The summed E-state index contributed by atoms with van der Waals surface area (Å²) in [5.74, 6) is 0.410. The van der Waals surface area contributed by atoms with E-state index < -0.39 is 11.6 Å². The zero-order valence-electron chi connectivity index (χ0n) is 22.0. The van der Waals surface area contributed by atoms with Crippen LogP contribution in [-0.2, 0) is 21.6 Å².